The van der Waals surface area contributed by atoms with Crippen LogP contribution in [0.3, 0.4) is 0 Å². The van der Waals surface area contributed by atoms with E-state index in [1.165, 1.54) is 23.1 Å². The molecule has 0 bridgehead atoms. The normalized spacial score (nSPS) is 24.7. The number of fused-ring (bicyclic) bond motifs is 1. The first-order valence-electron chi connectivity index (χ1n) is 7.67. The smallest absolute Gasteiger partial charge is 0.298 e. The van der Waals surface area contributed by atoms with Crippen LogP contribution in [0.2, 0.25) is 0 Å². The number of tetrazole rings is 1. The molecule has 1 fully saturated rings. The van der Waals surface area contributed by atoms with Crippen molar-refractivity contribution in [2.75, 3.05) is 5.88 Å². The van der Waals surface area contributed by atoms with E-state index in [9.17, 15) is 9.59 Å². The molecule has 4 heterocycles. The lowest BCUT2D eigenvalue weighted by molar-refractivity contribution is -0.151. The minimum absolute atomic E-state index is 0.180. The number of hydrogen-bond acceptors (Lipinski definition) is 7. The molecule has 2 aliphatic heterocycles. The van der Waals surface area contributed by atoms with Gasteiger partial charge in [0.05, 0.1) is 6.42 Å². The molecule has 26 heavy (non-hydrogen) atoms. The van der Waals surface area contributed by atoms with E-state index >= 15 is 0 Å². The molecular formula is C14H12BClN6O2S2. The third kappa shape index (κ3) is 3.04. The third-order valence-corrected chi connectivity index (χ3v) is 6.54. The fourth-order valence-corrected chi connectivity index (χ4v) is 5.22. The number of thiophene rings is 1. The topological polar surface area (TPSA) is 93.0 Å². The minimum atomic E-state index is -0.587. The van der Waals surface area contributed by atoms with Gasteiger partial charge in [0.1, 0.15) is 17.5 Å². The molecule has 0 spiro atoms. The number of carbonyl (C=O) groups is 2. The Morgan fingerprint density at radius 1 is 1.46 bits per heavy atom. The second-order valence-electron chi connectivity index (χ2n) is 5.77. The van der Waals surface area contributed by atoms with E-state index < -0.39 is 12.1 Å². The summed E-state index contributed by atoms with van der Waals surface area (Å²) in [4.78, 5) is 27.5. The lowest BCUT2D eigenvalue weighted by Crippen LogP contribution is -2.71. The van der Waals surface area contributed by atoms with Crippen molar-refractivity contribution in [3.63, 3.8) is 0 Å². The SMILES string of the molecule is [B]n1nnc([C@H]2C(CCl)=CS[C@@H]3[C@H](NC(=O)Cc4cccs4)C(=O)N23)n1. The molecule has 2 amide bonds. The summed E-state index contributed by atoms with van der Waals surface area (Å²) < 4.78 is 0.850. The molecule has 3 atom stereocenters. The zero-order chi connectivity index (χ0) is 18.3. The van der Waals surface area contributed by atoms with Gasteiger partial charge in [0.15, 0.2) is 5.82 Å². The van der Waals surface area contributed by atoms with Crippen LogP contribution in [0.4, 0.5) is 0 Å². The fraction of sp³-hybridized carbons (Fsp3) is 0.357. The highest BCUT2D eigenvalue weighted by Crippen LogP contribution is 2.45. The van der Waals surface area contributed by atoms with Crippen LogP contribution in [-0.2, 0) is 16.0 Å². The van der Waals surface area contributed by atoms with Crippen molar-refractivity contribution in [3.8, 4) is 0 Å². The average molecular weight is 407 g/mol. The molecule has 8 nitrogen and oxygen atoms in total. The summed E-state index contributed by atoms with van der Waals surface area (Å²) in [5.41, 5.74) is 0.789. The van der Waals surface area contributed by atoms with Crippen molar-refractivity contribution in [1.29, 1.82) is 0 Å². The minimum Gasteiger partial charge on any atom is -0.341 e. The van der Waals surface area contributed by atoms with E-state index in [-0.39, 0.29) is 29.5 Å². The second kappa shape index (κ2) is 7.05. The van der Waals surface area contributed by atoms with Gasteiger partial charge in [-0.3, -0.25) is 9.59 Å². The first-order valence-corrected chi connectivity index (χ1v) is 10.0. The van der Waals surface area contributed by atoms with Gasteiger partial charge in [-0.05, 0) is 22.4 Å². The number of β-lactam (4-membered cyclic amide) rings is 1. The van der Waals surface area contributed by atoms with Crippen molar-refractivity contribution in [2.45, 2.75) is 23.9 Å². The van der Waals surface area contributed by atoms with Gasteiger partial charge in [-0.1, -0.05) is 11.3 Å². The first-order chi connectivity index (χ1) is 12.6. The molecule has 0 aliphatic carbocycles. The number of aromatic nitrogens is 4. The van der Waals surface area contributed by atoms with Crippen LogP contribution in [0.15, 0.2) is 28.5 Å². The molecule has 12 heteroatoms. The fourth-order valence-electron chi connectivity index (χ4n) is 2.97. The number of alkyl halides is 1. The number of rotatable bonds is 5. The van der Waals surface area contributed by atoms with Crippen LogP contribution in [0.1, 0.15) is 16.7 Å². The number of carbonyl (C=O) groups excluding carboxylic acids is 2. The quantitative estimate of drug-likeness (QED) is 0.441. The van der Waals surface area contributed by atoms with Gasteiger partial charge in [-0.25, -0.2) is 4.71 Å². The molecule has 2 aromatic rings. The molecule has 132 valence electrons. The highest BCUT2D eigenvalue weighted by atomic mass is 35.5. The van der Waals surface area contributed by atoms with Gasteiger partial charge in [0.2, 0.25) is 11.8 Å². The Morgan fingerprint density at radius 2 is 2.31 bits per heavy atom. The van der Waals surface area contributed by atoms with E-state index in [2.05, 4.69) is 20.7 Å². The summed E-state index contributed by atoms with van der Waals surface area (Å²) in [6.45, 7) is 0. The van der Waals surface area contributed by atoms with E-state index in [0.717, 1.165) is 15.2 Å². The number of nitrogens with one attached hydrogen (secondary N) is 1. The maximum Gasteiger partial charge on any atom is 0.298 e. The van der Waals surface area contributed by atoms with Crippen LogP contribution in [-0.4, -0.2) is 62.1 Å². The maximum absolute atomic E-state index is 12.7. The number of hydrogen-bond donors (Lipinski definition) is 1. The van der Waals surface area contributed by atoms with Crippen LogP contribution in [0.5, 0.6) is 0 Å². The van der Waals surface area contributed by atoms with Crippen molar-refractivity contribution in [3.05, 3.63) is 39.2 Å². The molecule has 1 N–H and O–H groups in total. The summed E-state index contributed by atoms with van der Waals surface area (Å²) in [6.07, 6.45) is 0.258. The van der Waals surface area contributed by atoms with Gasteiger partial charge in [0, 0.05) is 10.8 Å². The monoisotopic (exact) mass is 406 g/mol. The summed E-state index contributed by atoms with van der Waals surface area (Å²) in [7, 11) is 5.48. The Morgan fingerprint density at radius 3 is 2.96 bits per heavy atom. The molecule has 0 aromatic carbocycles. The summed E-state index contributed by atoms with van der Waals surface area (Å²) >= 11 is 8.97. The number of amides is 2. The van der Waals surface area contributed by atoms with Gasteiger partial charge in [0.25, 0.3) is 7.98 Å². The highest BCUT2D eigenvalue weighted by molar-refractivity contribution is 8.02. The Balaban J connectivity index is 1.50. The zero-order valence-corrected chi connectivity index (χ0v) is 15.7. The van der Waals surface area contributed by atoms with E-state index in [4.69, 9.17) is 19.6 Å². The number of nitrogens with zero attached hydrogens (tertiary/aromatic N) is 5. The first kappa shape index (κ1) is 17.6. The lowest BCUT2D eigenvalue weighted by Gasteiger charge is -2.51. The predicted octanol–water partition coefficient (Wildman–Crippen LogP) is 0.473. The maximum atomic E-state index is 12.7. The summed E-state index contributed by atoms with van der Waals surface area (Å²) in [6, 6.07) is 2.67. The predicted molar refractivity (Wildman–Crippen MR) is 98.7 cm³/mol. The van der Waals surface area contributed by atoms with E-state index in [0.29, 0.717) is 5.82 Å². The van der Waals surface area contributed by atoms with Crippen LogP contribution in [0, 0.1) is 0 Å². The molecule has 0 saturated carbocycles. The molecule has 0 unspecified atom stereocenters. The van der Waals surface area contributed by atoms with Crippen LogP contribution < -0.4 is 5.32 Å². The second-order valence-corrected chi connectivity index (χ2v) is 8.06. The Hall–Kier alpha value is -1.85. The zero-order valence-electron chi connectivity index (χ0n) is 13.3. The van der Waals surface area contributed by atoms with Crippen molar-refractivity contribution in [1.82, 2.24) is 30.3 Å². The Labute approximate surface area is 163 Å². The number of halogens is 1. The molecule has 1 saturated heterocycles. The molecular weight excluding hydrogens is 395 g/mol. The average Bonchev–Trinajstić information content (AvgIpc) is 3.29. The van der Waals surface area contributed by atoms with E-state index in [1.807, 2.05) is 22.9 Å². The van der Waals surface area contributed by atoms with Gasteiger partial charge >= 0.3 is 0 Å². The lowest BCUT2D eigenvalue weighted by atomic mass is 9.98. The van der Waals surface area contributed by atoms with Gasteiger partial charge in [-0.15, -0.1) is 44.9 Å². The Kier molecular flexibility index (Phi) is 4.76. The van der Waals surface area contributed by atoms with Crippen LogP contribution >= 0.6 is 34.7 Å². The standard InChI is InChI=1S/C14H12BClN6O2S2/c15-22-19-12(18-20-22)11-7(5-16)6-26-14-10(13(24)21(11)14)17-9(23)4-8-2-1-3-25-8/h1-3,6,10-11,14H,4-5H2,(H,17,23)/t10-,11-,14-/m1/s1. The van der Waals surface area contributed by atoms with E-state index in [1.54, 1.807) is 4.90 Å². The molecule has 4 rings (SSSR count). The van der Waals surface area contributed by atoms with Crippen LogP contribution in [0.25, 0.3) is 0 Å². The van der Waals surface area contributed by atoms with Crippen molar-refractivity contribution >= 4 is 54.5 Å². The van der Waals surface area contributed by atoms with Gasteiger partial charge < -0.3 is 10.2 Å². The highest BCUT2D eigenvalue weighted by Gasteiger charge is 2.55. The largest absolute Gasteiger partial charge is 0.341 e. The van der Waals surface area contributed by atoms with Gasteiger partial charge in [-0.2, -0.15) is 0 Å². The molecule has 2 aliphatic rings. The number of thioether (sulfide) groups is 1. The third-order valence-electron chi connectivity index (χ3n) is 4.14. The van der Waals surface area contributed by atoms with Crippen molar-refractivity contribution in [2.24, 2.45) is 0 Å². The molecule has 2 aromatic heterocycles. The summed E-state index contributed by atoms with van der Waals surface area (Å²) in [5, 5.41) is 17.9. The summed E-state index contributed by atoms with van der Waals surface area (Å²) in [5.74, 6) is 0.154. The molecule has 2 radical (unpaired) electrons. The van der Waals surface area contributed by atoms with Crippen molar-refractivity contribution < 1.29 is 9.59 Å². The Bertz CT molecular complexity index is 873.